The van der Waals surface area contributed by atoms with E-state index in [2.05, 4.69) is 15.0 Å². The minimum absolute atomic E-state index is 0.0449. The average Bonchev–Trinajstić information content (AvgIpc) is 3.11. The molecule has 1 N–H and O–H groups in total. The maximum atomic E-state index is 12.5. The number of rotatable bonds is 3. The zero-order valence-corrected chi connectivity index (χ0v) is 12.7. The van der Waals surface area contributed by atoms with Crippen molar-refractivity contribution in [1.29, 1.82) is 0 Å². The lowest BCUT2D eigenvalue weighted by molar-refractivity contribution is -0.119. The third-order valence-electron chi connectivity index (χ3n) is 4.11. The van der Waals surface area contributed by atoms with Crippen LogP contribution in [0.5, 0.6) is 0 Å². The van der Waals surface area contributed by atoms with Crippen LogP contribution in [0.4, 0.5) is 5.69 Å². The fraction of sp³-hybridized carbons (Fsp3) is 0.375. The Kier molecular flexibility index (Phi) is 4.10. The molecule has 1 saturated carbocycles. The summed E-state index contributed by atoms with van der Waals surface area (Å²) in [6.45, 7) is 0. The number of fused-ring (bicyclic) bond motifs is 1. The van der Waals surface area contributed by atoms with Gasteiger partial charge in [0.1, 0.15) is 11.3 Å². The van der Waals surface area contributed by atoms with Crippen molar-refractivity contribution in [3.63, 3.8) is 0 Å². The maximum absolute atomic E-state index is 12.5. The Balaban J connectivity index is 1.95. The molecular weight excluding hydrogens is 298 g/mol. The summed E-state index contributed by atoms with van der Waals surface area (Å²) in [6.07, 6.45) is 6.48. The summed E-state index contributed by atoms with van der Waals surface area (Å²) >= 11 is 0. The lowest BCUT2D eigenvalue weighted by Crippen LogP contribution is -2.27. The fourth-order valence-electron chi connectivity index (χ4n) is 2.82. The molecule has 3 rings (SSSR count). The van der Waals surface area contributed by atoms with Crippen LogP contribution in [0.2, 0.25) is 0 Å². The van der Waals surface area contributed by atoms with E-state index < -0.39 is 11.5 Å². The Morgan fingerprint density at radius 1 is 1.30 bits per heavy atom. The van der Waals surface area contributed by atoms with Gasteiger partial charge < -0.3 is 10.1 Å². The Morgan fingerprint density at radius 3 is 2.74 bits per heavy atom. The van der Waals surface area contributed by atoms with Gasteiger partial charge in [0.2, 0.25) is 5.91 Å². The number of nitrogens with zero attached hydrogens (tertiary/aromatic N) is 2. The second-order valence-corrected chi connectivity index (χ2v) is 5.59. The van der Waals surface area contributed by atoms with Crippen LogP contribution in [0, 0.1) is 5.92 Å². The topological polar surface area (TPSA) is 89.8 Å². The highest BCUT2D eigenvalue weighted by atomic mass is 16.5. The molecule has 2 aromatic heterocycles. The van der Waals surface area contributed by atoms with Crippen molar-refractivity contribution >= 4 is 23.2 Å². The minimum atomic E-state index is -0.542. The smallest absolute Gasteiger partial charge is 0.339 e. The number of anilines is 1. The highest BCUT2D eigenvalue weighted by molar-refractivity contribution is 5.92. The Morgan fingerprint density at radius 2 is 2.04 bits per heavy atom. The van der Waals surface area contributed by atoms with Gasteiger partial charge in [0.05, 0.1) is 18.9 Å². The molecule has 23 heavy (non-hydrogen) atoms. The fourth-order valence-corrected chi connectivity index (χ4v) is 2.82. The van der Waals surface area contributed by atoms with Crippen LogP contribution in [0.3, 0.4) is 0 Å². The normalized spacial score (nSPS) is 14.8. The van der Waals surface area contributed by atoms with Crippen LogP contribution < -0.4 is 10.9 Å². The number of aromatic nitrogens is 2. The molecule has 2 heterocycles. The molecule has 0 radical (unpaired) electrons. The van der Waals surface area contributed by atoms with E-state index in [1.54, 1.807) is 6.07 Å². The number of methoxy groups -OCH3 is 1. The molecule has 0 atom stereocenters. The number of ether oxygens (including phenoxy) is 1. The van der Waals surface area contributed by atoms with E-state index in [1.165, 1.54) is 30.0 Å². The van der Waals surface area contributed by atoms with Gasteiger partial charge in [-0.2, -0.15) is 0 Å². The standard InChI is InChI=1S/C16H17N3O4/c1-23-16(22)11-6-7-13-17-8-12(15(21)19(13)9-11)18-14(20)10-4-2-3-5-10/h6-10H,2-5H2,1H3,(H,18,20). The van der Waals surface area contributed by atoms with Gasteiger partial charge in [-0.1, -0.05) is 12.8 Å². The van der Waals surface area contributed by atoms with Crippen molar-refractivity contribution in [2.45, 2.75) is 25.7 Å². The number of esters is 1. The predicted octanol–water partition coefficient (Wildman–Crippen LogP) is 1.61. The molecule has 7 heteroatoms. The summed E-state index contributed by atoms with van der Waals surface area (Å²) in [5.74, 6) is -0.735. The molecule has 1 fully saturated rings. The summed E-state index contributed by atoms with van der Waals surface area (Å²) in [6, 6.07) is 3.08. The minimum Gasteiger partial charge on any atom is -0.465 e. The zero-order chi connectivity index (χ0) is 16.4. The van der Waals surface area contributed by atoms with Gasteiger partial charge in [-0.3, -0.25) is 14.0 Å². The molecule has 0 unspecified atom stereocenters. The first kappa shape index (κ1) is 15.2. The number of carbonyl (C=O) groups excluding carboxylic acids is 2. The third kappa shape index (κ3) is 2.94. The lowest BCUT2D eigenvalue weighted by Gasteiger charge is -2.10. The van der Waals surface area contributed by atoms with Gasteiger partial charge in [0, 0.05) is 12.1 Å². The molecule has 0 aliphatic heterocycles. The molecule has 7 nitrogen and oxygen atoms in total. The first-order valence-corrected chi connectivity index (χ1v) is 7.51. The van der Waals surface area contributed by atoms with Crippen molar-refractivity contribution in [1.82, 2.24) is 9.38 Å². The number of pyridine rings is 1. The Hall–Kier alpha value is -2.70. The van der Waals surface area contributed by atoms with Gasteiger partial charge in [-0.05, 0) is 25.0 Å². The van der Waals surface area contributed by atoms with Crippen molar-refractivity contribution in [3.8, 4) is 0 Å². The Labute approximate surface area is 132 Å². The third-order valence-corrected chi connectivity index (χ3v) is 4.11. The summed E-state index contributed by atoms with van der Waals surface area (Å²) in [5.41, 5.74) is 0.318. The van der Waals surface area contributed by atoms with Gasteiger partial charge in [0.25, 0.3) is 5.56 Å². The number of hydrogen-bond acceptors (Lipinski definition) is 5. The summed E-state index contributed by atoms with van der Waals surface area (Å²) in [7, 11) is 1.27. The lowest BCUT2D eigenvalue weighted by atomic mass is 10.1. The highest BCUT2D eigenvalue weighted by Gasteiger charge is 2.23. The Bertz CT molecular complexity index is 822. The van der Waals surface area contributed by atoms with Crippen LogP contribution in [-0.2, 0) is 9.53 Å². The van der Waals surface area contributed by atoms with E-state index in [-0.39, 0.29) is 23.1 Å². The second kappa shape index (κ2) is 6.20. The molecule has 0 saturated heterocycles. The van der Waals surface area contributed by atoms with Gasteiger partial charge in [-0.25, -0.2) is 9.78 Å². The molecule has 2 aromatic rings. The van der Waals surface area contributed by atoms with Gasteiger partial charge >= 0.3 is 5.97 Å². The van der Waals surface area contributed by atoms with E-state index in [9.17, 15) is 14.4 Å². The molecular formula is C16H17N3O4. The van der Waals surface area contributed by atoms with Crippen molar-refractivity contribution < 1.29 is 14.3 Å². The summed E-state index contributed by atoms with van der Waals surface area (Å²) < 4.78 is 5.88. The van der Waals surface area contributed by atoms with Crippen LogP contribution >= 0.6 is 0 Å². The average molecular weight is 315 g/mol. The second-order valence-electron chi connectivity index (χ2n) is 5.59. The van der Waals surface area contributed by atoms with Crippen molar-refractivity contribution in [3.05, 3.63) is 40.4 Å². The van der Waals surface area contributed by atoms with Crippen molar-refractivity contribution in [2.75, 3.05) is 12.4 Å². The first-order valence-electron chi connectivity index (χ1n) is 7.51. The SMILES string of the molecule is COC(=O)c1ccc2ncc(NC(=O)C3CCCC3)c(=O)n2c1. The molecule has 1 aliphatic carbocycles. The van der Waals surface area contributed by atoms with E-state index in [0.717, 1.165) is 25.7 Å². The summed E-state index contributed by atoms with van der Waals surface area (Å²) in [5, 5.41) is 2.66. The van der Waals surface area contributed by atoms with E-state index in [0.29, 0.717) is 5.65 Å². The van der Waals surface area contributed by atoms with Crippen LogP contribution in [-0.4, -0.2) is 28.4 Å². The quantitative estimate of drug-likeness (QED) is 0.869. The van der Waals surface area contributed by atoms with E-state index >= 15 is 0 Å². The maximum Gasteiger partial charge on any atom is 0.339 e. The predicted molar refractivity (Wildman–Crippen MR) is 83.4 cm³/mol. The molecule has 0 spiro atoms. The molecule has 1 aliphatic rings. The number of nitrogens with one attached hydrogen (secondary N) is 1. The van der Waals surface area contributed by atoms with Gasteiger partial charge in [-0.15, -0.1) is 0 Å². The number of amides is 1. The van der Waals surface area contributed by atoms with Crippen molar-refractivity contribution in [2.24, 2.45) is 5.92 Å². The van der Waals surface area contributed by atoms with Crippen LogP contribution in [0.1, 0.15) is 36.0 Å². The number of carbonyl (C=O) groups is 2. The summed E-state index contributed by atoms with van der Waals surface area (Å²) in [4.78, 5) is 40.4. The zero-order valence-electron chi connectivity index (χ0n) is 12.7. The molecule has 120 valence electrons. The number of hydrogen-bond donors (Lipinski definition) is 1. The van der Waals surface area contributed by atoms with Gasteiger partial charge in [0.15, 0.2) is 0 Å². The highest BCUT2D eigenvalue weighted by Crippen LogP contribution is 2.25. The van der Waals surface area contributed by atoms with Crippen LogP contribution in [0.25, 0.3) is 5.65 Å². The molecule has 0 aromatic carbocycles. The molecule has 1 amide bonds. The molecule has 0 bridgehead atoms. The first-order chi connectivity index (χ1) is 11.1. The van der Waals surface area contributed by atoms with E-state index in [4.69, 9.17) is 0 Å². The largest absolute Gasteiger partial charge is 0.465 e. The van der Waals surface area contributed by atoms with E-state index in [1.807, 2.05) is 0 Å². The van der Waals surface area contributed by atoms with Crippen LogP contribution in [0.15, 0.2) is 29.3 Å². The monoisotopic (exact) mass is 315 g/mol.